The number of nitrogens with zero attached hydrogens (tertiary/aromatic N) is 6. The smallest absolute Gasteiger partial charge is 0.319 e. The number of rotatable bonds is 7. The van der Waals surface area contributed by atoms with Crippen molar-refractivity contribution in [2.45, 2.75) is 50.6 Å². The standard InChI is InChI=1S/C34H38N6O2/c1-4-31(41)40-16-15-39(21-26(40)20-35-2)32-28-11-10-23(27-9-5-7-24-18-34(12-13-34)19-29(24)27)17-30(28)36-33(37-32)42-22-25-8-6-14-38(25)3/h4-5,7,9-11,17,25-26H,1,6,8,12-16,18-22H2,3H3/t25-,26-/m0/s1. The number of benzene rings is 2. The van der Waals surface area contributed by atoms with Crippen LogP contribution >= 0.6 is 0 Å². The zero-order valence-corrected chi connectivity index (χ0v) is 24.4. The third kappa shape index (κ3) is 4.90. The van der Waals surface area contributed by atoms with Gasteiger partial charge >= 0.3 is 6.01 Å². The Balaban J connectivity index is 1.26. The highest BCUT2D eigenvalue weighted by Crippen LogP contribution is 2.57. The minimum absolute atomic E-state index is 0.131. The molecule has 42 heavy (non-hydrogen) atoms. The summed E-state index contributed by atoms with van der Waals surface area (Å²) in [7, 11) is 2.14. The van der Waals surface area contributed by atoms with E-state index in [1.807, 2.05) is 0 Å². The maximum Gasteiger partial charge on any atom is 0.319 e. The van der Waals surface area contributed by atoms with Gasteiger partial charge in [0, 0.05) is 31.1 Å². The van der Waals surface area contributed by atoms with Crippen molar-refractivity contribution in [3.63, 3.8) is 0 Å². The first-order valence-electron chi connectivity index (χ1n) is 15.2. The summed E-state index contributed by atoms with van der Waals surface area (Å²) in [6.07, 6.45) is 8.68. The van der Waals surface area contributed by atoms with E-state index in [-0.39, 0.29) is 18.5 Å². The zero-order valence-electron chi connectivity index (χ0n) is 24.4. The number of hydrogen-bond acceptors (Lipinski definition) is 6. The summed E-state index contributed by atoms with van der Waals surface area (Å²) >= 11 is 0. The highest BCUT2D eigenvalue weighted by molar-refractivity contribution is 5.93. The van der Waals surface area contributed by atoms with Crippen molar-refractivity contribution in [1.82, 2.24) is 19.8 Å². The molecular formula is C34H38N6O2. The SMILES string of the molecule is [C-]#[N+]C[C@H]1CN(c2nc(OC[C@@H]3CCCN3C)nc3cc(-c4cccc5c4CC4(CC4)C5)ccc23)CCN1C(=O)C=C. The Morgan fingerprint density at radius 3 is 2.81 bits per heavy atom. The molecule has 2 aromatic carbocycles. The molecule has 1 amide bonds. The summed E-state index contributed by atoms with van der Waals surface area (Å²) in [5, 5.41) is 0.959. The van der Waals surface area contributed by atoms with Crippen LogP contribution in [0.15, 0.2) is 49.1 Å². The van der Waals surface area contributed by atoms with E-state index >= 15 is 0 Å². The van der Waals surface area contributed by atoms with Crippen LogP contribution < -0.4 is 9.64 Å². The molecule has 1 aromatic heterocycles. The summed E-state index contributed by atoms with van der Waals surface area (Å²) < 4.78 is 6.29. The number of carbonyl (C=O) groups is 1. The van der Waals surface area contributed by atoms with Crippen LogP contribution in [-0.4, -0.2) is 84.1 Å². The van der Waals surface area contributed by atoms with Gasteiger partial charge in [0.1, 0.15) is 18.5 Å². The lowest BCUT2D eigenvalue weighted by atomic mass is 9.95. The van der Waals surface area contributed by atoms with Gasteiger partial charge in [0.05, 0.1) is 5.52 Å². The van der Waals surface area contributed by atoms with Crippen LogP contribution in [0.4, 0.5) is 5.82 Å². The van der Waals surface area contributed by atoms with Crippen molar-refractivity contribution in [1.29, 1.82) is 0 Å². The minimum atomic E-state index is -0.232. The number of aromatic nitrogens is 2. The Hall–Kier alpha value is -3.96. The molecule has 1 saturated carbocycles. The largest absolute Gasteiger partial charge is 0.462 e. The molecule has 0 radical (unpaired) electrons. The summed E-state index contributed by atoms with van der Waals surface area (Å²) in [6.45, 7) is 14.7. The molecular weight excluding hydrogens is 524 g/mol. The molecule has 0 bridgehead atoms. The second-order valence-corrected chi connectivity index (χ2v) is 12.6. The third-order valence-corrected chi connectivity index (χ3v) is 9.93. The summed E-state index contributed by atoms with van der Waals surface area (Å²) in [5.74, 6) is 0.672. The molecule has 0 N–H and O–H groups in total. The molecule has 3 heterocycles. The Morgan fingerprint density at radius 2 is 2.05 bits per heavy atom. The van der Waals surface area contributed by atoms with Crippen LogP contribution in [-0.2, 0) is 17.6 Å². The fraction of sp³-hybridized carbons (Fsp3) is 0.471. The number of anilines is 1. The van der Waals surface area contributed by atoms with Crippen LogP contribution in [0.25, 0.3) is 26.9 Å². The maximum absolute atomic E-state index is 12.5. The van der Waals surface area contributed by atoms with Crippen molar-refractivity contribution < 1.29 is 9.53 Å². The van der Waals surface area contributed by atoms with Gasteiger partial charge < -0.3 is 24.3 Å². The van der Waals surface area contributed by atoms with E-state index in [1.54, 1.807) is 4.90 Å². The monoisotopic (exact) mass is 562 g/mol. The molecule has 2 aliphatic heterocycles. The number of likely N-dealkylation sites (tertiary alicyclic amines) is 1. The van der Waals surface area contributed by atoms with Gasteiger partial charge in [-0.05, 0) is 98.0 Å². The molecule has 7 rings (SSSR count). The van der Waals surface area contributed by atoms with E-state index in [1.165, 1.54) is 60.4 Å². The molecule has 8 nitrogen and oxygen atoms in total. The average molecular weight is 563 g/mol. The molecule has 3 aromatic rings. The fourth-order valence-corrected chi connectivity index (χ4v) is 7.29. The Bertz CT molecular complexity index is 1590. The van der Waals surface area contributed by atoms with Gasteiger partial charge in [-0.15, -0.1) is 0 Å². The highest BCUT2D eigenvalue weighted by Gasteiger charge is 2.47. The van der Waals surface area contributed by atoms with E-state index in [9.17, 15) is 4.79 Å². The number of piperazine rings is 1. The van der Waals surface area contributed by atoms with Crippen molar-refractivity contribution >= 4 is 22.6 Å². The molecule has 3 fully saturated rings. The molecule has 2 atom stereocenters. The Kier molecular flexibility index (Phi) is 6.86. The second-order valence-electron chi connectivity index (χ2n) is 12.6. The lowest BCUT2D eigenvalue weighted by Gasteiger charge is -2.39. The van der Waals surface area contributed by atoms with E-state index < -0.39 is 0 Å². The number of hydrogen-bond donors (Lipinski definition) is 0. The van der Waals surface area contributed by atoms with E-state index in [2.05, 4.69) is 64.7 Å². The maximum atomic E-state index is 12.5. The van der Waals surface area contributed by atoms with E-state index in [0.717, 1.165) is 29.7 Å². The van der Waals surface area contributed by atoms with Gasteiger partial charge in [-0.1, -0.05) is 30.8 Å². The minimum Gasteiger partial charge on any atom is -0.462 e. The Morgan fingerprint density at radius 1 is 1.17 bits per heavy atom. The fourth-order valence-electron chi connectivity index (χ4n) is 7.29. The normalized spacial score (nSPS) is 22.8. The van der Waals surface area contributed by atoms with E-state index in [0.29, 0.717) is 43.7 Å². The first kappa shape index (κ1) is 26.9. The quantitative estimate of drug-likeness (QED) is 0.305. The third-order valence-electron chi connectivity index (χ3n) is 9.93. The van der Waals surface area contributed by atoms with Crippen LogP contribution in [0.2, 0.25) is 0 Å². The number of carbonyl (C=O) groups excluding carboxylic acids is 1. The number of amides is 1. The number of likely N-dealkylation sites (N-methyl/N-ethyl adjacent to an activating group) is 1. The number of fused-ring (bicyclic) bond motifs is 2. The van der Waals surface area contributed by atoms with Crippen molar-refractivity contribution in [3.05, 3.63) is 71.6 Å². The molecule has 8 heteroatoms. The second kappa shape index (κ2) is 10.7. The van der Waals surface area contributed by atoms with Gasteiger partial charge in [-0.2, -0.15) is 9.97 Å². The predicted octanol–water partition coefficient (Wildman–Crippen LogP) is 4.77. The lowest BCUT2D eigenvalue weighted by molar-refractivity contribution is -0.128. The van der Waals surface area contributed by atoms with Crippen LogP contribution in [0, 0.1) is 12.0 Å². The summed E-state index contributed by atoms with van der Waals surface area (Å²) in [4.78, 5) is 32.4. The van der Waals surface area contributed by atoms with Crippen LogP contribution in [0.1, 0.15) is 36.8 Å². The topological polar surface area (TPSA) is 66.2 Å². The van der Waals surface area contributed by atoms with Crippen LogP contribution in [0.3, 0.4) is 0 Å². The molecule has 0 unspecified atom stereocenters. The highest BCUT2D eigenvalue weighted by atomic mass is 16.5. The predicted molar refractivity (Wildman–Crippen MR) is 165 cm³/mol. The molecule has 2 aliphatic carbocycles. The van der Waals surface area contributed by atoms with Gasteiger partial charge in [-0.25, -0.2) is 6.57 Å². The van der Waals surface area contributed by atoms with Gasteiger partial charge in [-0.3, -0.25) is 4.79 Å². The summed E-state index contributed by atoms with van der Waals surface area (Å²) in [5.41, 5.74) is 6.84. The first-order valence-corrected chi connectivity index (χ1v) is 15.2. The molecule has 4 aliphatic rings. The zero-order chi connectivity index (χ0) is 28.8. The van der Waals surface area contributed by atoms with E-state index in [4.69, 9.17) is 21.3 Å². The average Bonchev–Trinajstić information content (AvgIpc) is 3.45. The number of ether oxygens (including phenoxy) is 1. The van der Waals surface area contributed by atoms with Gasteiger partial charge in [0.2, 0.25) is 12.5 Å². The molecule has 2 saturated heterocycles. The van der Waals surface area contributed by atoms with Crippen molar-refractivity contribution in [3.8, 4) is 17.1 Å². The van der Waals surface area contributed by atoms with Crippen molar-refractivity contribution in [2.24, 2.45) is 5.41 Å². The van der Waals surface area contributed by atoms with Crippen LogP contribution in [0.5, 0.6) is 6.01 Å². The summed E-state index contributed by atoms with van der Waals surface area (Å²) in [6, 6.07) is 13.8. The van der Waals surface area contributed by atoms with Crippen molar-refractivity contribution in [2.75, 3.05) is 51.3 Å². The Labute approximate surface area is 247 Å². The van der Waals surface area contributed by atoms with Gasteiger partial charge in [0.15, 0.2) is 0 Å². The lowest BCUT2D eigenvalue weighted by Crippen LogP contribution is -2.56. The van der Waals surface area contributed by atoms with Gasteiger partial charge in [0.25, 0.3) is 0 Å². The molecule has 1 spiro atoms. The molecule has 216 valence electrons. The first-order chi connectivity index (χ1) is 20.5.